The molecule has 2 rings (SSSR count). The van der Waals surface area contributed by atoms with Crippen molar-refractivity contribution in [1.29, 1.82) is 0 Å². The smallest absolute Gasteiger partial charge is 0.123 e. The molecule has 1 atom stereocenters. The average molecular weight is 257 g/mol. The second-order valence-corrected chi connectivity index (χ2v) is 4.50. The fourth-order valence-electron chi connectivity index (χ4n) is 2.22. The third kappa shape index (κ3) is 2.74. The Kier molecular flexibility index (Phi) is 4.12. The molecule has 0 spiro atoms. The van der Waals surface area contributed by atoms with E-state index in [1.54, 1.807) is 18.5 Å². The van der Waals surface area contributed by atoms with Crippen LogP contribution in [0.2, 0.25) is 0 Å². The quantitative estimate of drug-likeness (QED) is 0.883. The third-order valence-corrected chi connectivity index (χ3v) is 3.29. The standard InChI is InChI=1S/C15H19N3O/c1-3-11-12(10-5-6-15(16)18-7-10)8-17-9-13(11)14(19)4-2/h5-9,14,19H,3-4H2,1-2H3,(H2,16,18). The number of nitrogens with zero attached hydrogens (tertiary/aromatic N) is 2. The lowest BCUT2D eigenvalue weighted by Gasteiger charge is -2.16. The highest BCUT2D eigenvalue weighted by Crippen LogP contribution is 2.29. The number of pyridine rings is 2. The summed E-state index contributed by atoms with van der Waals surface area (Å²) in [6, 6.07) is 3.71. The second kappa shape index (κ2) is 5.80. The van der Waals surface area contributed by atoms with Gasteiger partial charge in [-0.05, 0) is 30.5 Å². The van der Waals surface area contributed by atoms with Crippen LogP contribution in [0.1, 0.15) is 37.5 Å². The largest absolute Gasteiger partial charge is 0.388 e. The summed E-state index contributed by atoms with van der Waals surface area (Å²) in [7, 11) is 0. The molecule has 0 aromatic carbocycles. The Labute approximate surface area is 113 Å². The van der Waals surface area contributed by atoms with Crippen LogP contribution < -0.4 is 5.73 Å². The number of anilines is 1. The van der Waals surface area contributed by atoms with E-state index in [4.69, 9.17) is 5.73 Å². The summed E-state index contributed by atoms with van der Waals surface area (Å²) >= 11 is 0. The van der Waals surface area contributed by atoms with E-state index < -0.39 is 6.10 Å². The van der Waals surface area contributed by atoms with Crippen molar-refractivity contribution in [3.63, 3.8) is 0 Å². The van der Waals surface area contributed by atoms with Crippen LogP contribution in [0.15, 0.2) is 30.7 Å². The molecule has 2 heterocycles. The Morgan fingerprint density at radius 3 is 2.58 bits per heavy atom. The summed E-state index contributed by atoms with van der Waals surface area (Å²) in [5.74, 6) is 0.500. The van der Waals surface area contributed by atoms with Crippen LogP contribution in [0.3, 0.4) is 0 Å². The van der Waals surface area contributed by atoms with Crippen molar-refractivity contribution < 1.29 is 5.11 Å². The Morgan fingerprint density at radius 2 is 2.00 bits per heavy atom. The van der Waals surface area contributed by atoms with E-state index in [9.17, 15) is 5.11 Å². The first-order valence-electron chi connectivity index (χ1n) is 6.54. The summed E-state index contributed by atoms with van der Waals surface area (Å²) in [5.41, 5.74) is 9.62. The molecule has 0 saturated heterocycles. The van der Waals surface area contributed by atoms with Gasteiger partial charge in [0.05, 0.1) is 6.10 Å². The maximum atomic E-state index is 10.1. The van der Waals surface area contributed by atoms with Crippen LogP contribution >= 0.6 is 0 Å². The van der Waals surface area contributed by atoms with Crippen LogP contribution in [0.5, 0.6) is 0 Å². The van der Waals surface area contributed by atoms with Crippen molar-refractivity contribution in [3.05, 3.63) is 41.9 Å². The highest BCUT2D eigenvalue weighted by Gasteiger charge is 2.14. The van der Waals surface area contributed by atoms with Crippen molar-refractivity contribution in [1.82, 2.24) is 9.97 Å². The van der Waals surface area contributed by atoms with Gasteiger partial charge in [-0.3, -0.25) is 4.98 Å². The van der Waals surface area contributed by atoms with Gasteiger partial charge in [0.25, 0.3) is 0 Å². The van der Waals surface area contributed by atoms with Gasteiger partial charge in [0.1, 0.15) is 5.82 Å². The highest BCUT2D eigenvalue weighted by atomic mass is 16.3. The Morgan fingerprint density at radius 1 is 1.21 bits per heavy atom. The highest BCUT2D eigenvalue weighted by molar-refractivity contribution is 5.68. The molecule has 2 aromatic rings. The monoisotopic (exact) mass is 257 g/mol. The van der Waals surface area contributed by atoms with Gasteiger partial charge in [-0.25, -0.2) is 4.98 Å². The van der Waals surface area contributed by atoms with Crippen molar-refractivity contribution in [2.75, 3.05) is 5.73 Å². The van der Waals surface area contributed by atoms with Gasteiger partial charge in [0.2, 0.25) is 0 Å². The number of hydrogen-bond donors (Lipinski definition) is 2. The van der Waals surface area contributed by atoms with Crippen LogP contribution in [-0.2, 0) is 6.42 Å². The fourth-order valence-corrected chi connectivity index (χ4v) is 2.22. The molecule has 0 amide bonds. The van der Waals surface area contributed by atoms with E-state index in [2.05, 4.69) is 16.9 Å². The number of nitrogens with two attached hydrogens (primary N) is 1. The van der Waals surface area contributed by atoms with Crippen LogP contribution in [0.25, 0.3) is 11.1 Å². The summed E-state index contributed by atoms with van der Waals surface area (Å²) < 4.78 is 0. The minimum Gasteiger partial charge on any atom is -0.388 e. The maximum absolute atomic E-state index is 10.1. The summed E-state index contributed by atoms with van der Waals surface area (Å²) in [5, 5.41) is 10.1. The molecule has 19 heavy (non-hydrogen) atoms. The molecule has 4 nitrogen and oxygen atoms in total. The zero-order valence-electron chi connectivity index (χ0n) is 11.3. The van der Waals surface area contributed by atoms with Crippen molar-refractivity contribution in [2.24, 2.45) is 0 Å². The molecule has 1 unspecified atom stereocenters. The molecule has 4 heteroatoms. The molecule has 3 N–H and O–H groups in total. The second-order valence-electron chi connectivity index (χ2n) is 4.50. The number of rotatable bonds is 4. The van der Waals surface area contributed by atoms with Gasteiger partial charge >= 0.3 is 0 Å². The number of hydrogen-bond acceptors (Lipinski definition) is 4. The number of aromatic nitrogens is 2. The van der Waals surface area contributed by atoms with Crippen LogP contribution in [-0.4, -0.2) is 15.1 Å². The Balaban J connectivity index is 2.54. The number of nitrogen functional groups attached to an aromatic ring is 1. The van der Waals surface area contributed by atoms with E-state index >= 15 is 0 Å². The van der Waals surface area contributed by atoms with Crippen molar-refractivity contribution in [3.8, 4) is 11.1 Å². The maximum Gasteiger partial charge on any atom is 0.123 e. The van der Waals surface area contributed by atoms with Crippen molar-refractivity contribution in [2.45, 2.75) is 32.8 Å². The molecule has 0 bridgehead atoms. The number of aliphatic hydroxyl groups is 1. The molecule has 0 aliphatic carbocycles. The lowest BCUT2D eigenvalue weighted by molar-refractivity contribution is 0.172. The van der Waals surface area contributed by atoms with Gasteiger partial charge in [-0.2, -0.15) is 0 Å². The Hall–Kier alpha value is -1.94. The first-order chi connectivity index (χ1) is 9.17. The minimum absolute atomic E-state index is 0.468. The van der Waals surface area contributed by atoms with Gasteiger partial charge in [0, 0.05) is 35.3 Å². The topological polar surface area (TPSA) is 72.0 Å². The van der Waals surface area contributed by atoms with E-state index in [1.807, 2.05) is 19.2 Å². The first kappa shape index (κ1) is 13.5. The number of aliphatic hydroxyl groups excluding tert-OH is 1. The average Bonchev–Trinajstić information content (AvgIpc) is 2.46. The lowest BCUT2D eigenvalue weighted by atomic mass is 9.94. The van der Waals surface area contributed by atoms with Gasteiger partial charge in [0.15, 0.2) is 0 Å². The molecule has 0 fully saturated rings. The molecule has 2 aromatic heterocycles. The molecule has 0 saturated carbocycles. The minimum atomic E-state index is -0.468. The summed E-state index contributed by atoms with van der Waals surface area (Å²) in [6.07, 6.45) is 6.36. The van der Waals surface area contributed by atoms with Gasteiger partial charge < -0.3 is 10.8 Å². The van der Waals surface area contributed by atoms with E-state index in [1.165, 1.54) is 0 Å². The zero-order valence-corrected chi connectivity index (χ0v) is 11.3. The third-order valence-electron chi connectivity index (χ3n) is 3.29. The normalized spacial score (nSPS) is 12.4. The lowest BCUT2D eigenvalue weighted by Crippen LogP contribution is -2.03. The predicted molar refractivity (Wildman–Crippen MR) is 76.5 cm³/mol. The Bertz CT molecular complexity index is 552. The molecule has 0 aliphatic rings. The van der Waals surface area contributed by atoms with Crippen LogP contribution in [0, 0.1) is 0 Å². The van der Waals surface area contributed by atoms with Gasteiger partial charge in [-0.1, -0.05) is 13.8 Å². The molecular formula is C15H19N3O. The SMILES string of the molecule is CCc1c(-c2ccc(N)nc2)cncc1C(O)CC. The van der Waals surface area contributed by atoms with Crippen LogP contribution in [0.4, 0.5) is 5.82 Å². The van der Waals surface area contributed by atoms with Crippen molar-refractivity contribution >= 4 is 5.82 Å². The molecule has 100 valence electrons. The summed E-state index contributed by atoms with van der Waals surface area (Å²) in [4.78, 5) is 8.36. The zero-order chi connectivity index (χ0) is 13.8. The molecule has 0 radical (unpaired) electrons. The molecular weight excluding hydrogens is 238 g/mol. The van der Waals surface area contributed by atoms with E-state index in [-0.39, 0.29) is 0 Å². The fraction of sp³-hybridized carbons (Fsp3) is 0.333. The van der Waals surface area contributed by atoms with Gasteiger partial charge in [-0.15, -0.1) is 0 Å². The molecule has 0 aliphatic heterocycles. The predicted octanol–water partition coefficient (Wildman–Crippen LogP) is 2.73. The summed E-state index contributed by atoms with van der Waals surface area (Å²) in [6.45, 7) is 4.04. The van der Waals surface area contributed by atoms with E-state index in [0.717, 1.165) is 28.7 Å². The first-order valence-corrected chi connectivity index (χ1v) is 6.54. The van der Waals surface area contributed by atoms with E-state index in [0.29, 0.717) is 12.2 Å².